The number of fused-ring (bicyclic) bond motifs is 2. The molecule has 12 heteroatoms. The molecule has 0 bridgehead atoms. The molecule has 0 amide bonds. The predicted octanol–water partition coefficient (Wildman–Crippen LogP) is 2.55. The van der Waals surface area contributed by atoms with Crippen molar-refractivity contribution in [2.75, 3.05) is 0 Å². The summed E-state index contributed by atoms with van der Waals surface area (Å²) in [5.74, 6) is -3.24. The molecule has 40 heavy (non-hydrogen) atoms. The lowest BCUT2D eigenvalue weighted by molar-refractivity contribution is -0.138. The number of aromatic nitrogens is 2. The first-order valence-electron chi connectivity index (χ1n) is 11.8. The smallest absolute Gasteiger partial charge is 0.323 e. The van der Waals surface area contributed by atoms with Crippen LogP contribution in [-0.4, -0.2) is 36.4 Å². The fraction of sp³-hybridized carbons (Fsp3) is 0.0714. The van der Waals surface area contributed by atoms with E-state index in [2.05, 4.69) is 15.9 Å². The first kappa shape index (κ1) is 24.0. The summed E-state index contributed by atoms with van der Waals surface area (Å²) in [6.45, 7) is -1.62. The van der Waals surface area contributed by atoms with Gasteiger partial charge in [0, 0.05) is 53.1 Å². The molecule has 11 nitrogen and oxygen atoms in total. The third-order valence-electron chi connectivity index (χ3n) is 7.53. The number of aliphatic carboxylic acids is 2. The van der Waals surface area contributed by atoms with Crippen molar-refractivity contribution >= 4 is 81.7 Å². The van der Waals surface area contributed by atoms with Crippen LogP contribution in [-0.2, 0) is 22.7 Å². The van der Waals surface area contributed by atoms with E-state index < -0.39 is 53.0 Å². The second-order valence-electron chi connectivity index (χ2n) is 9.60. The molecular weight excluding hydrogens is 588 g/mol. The largest absolute Gasteiger partial charge is 0.494 e. The van der Waals surface area contributed by atoms with Gasteiger partial charge in [-0.1, -0.05) is 28.1 Å². The summed E-state index contributed by atoms with van der Waals surface area (Å²) in [6, 6.07) is 8.70. The Morgan fingerprint density at radius 3 is 1.90 bits per heavy atom. The summed E-state index contributed by atoms with van der Waals surface area (Å²) in [7, 11) is 0. The molecule has 0 fully saturated rings. The number of nitrogens with zero attached hydrogens (tertiary/aromatic N) is 2. The van der Waals surface area contributed by atoms with E-state index in [1.807, 2.05) is 0 Å². The van der Waals surface area contributed by atoms with Gasteiger partial charge in [0.1, 0.15) is 13.1 Å². The maximum atomic E-state index is 13.6. The fourth-order valence-corrected chi connectivity index (χ4v) is 6.69. The summed E-state index contributed by atoms with van der Waals surface area (Å²) < 4.78 is 1.80. The molecule has 3 N–H and O–H groups in total. The minimum absolute atomic E-state index is 0.0755. The third kappa shape index (κ3) is 2.82. The maximum Gasteiger partial charge on any atom is 0.323 e. The standard InChI is InChI=1S/C28H13BrN2O9/c29-15-5-13-19-11(25(37)30(27(13)39)7-17(33)34)4-2-10-22-16(32)6-14-20-12(26(38)31(28(14)40)8-18(35)36)3-1-9(24(20)22)21(15)23(10)19/h1-6,39H,7-8H2,(H,33,34)(H,35,36). The van der Waals surface area contributed by atoms with E-state index >= 15 is 0 Å². The predicted molar refractivity (Wildman–Crippen MR) is 150 cm³/mol. The second kappa shape index (κ2) is 7.73. The van der Waals surface area contributed by atoms with Gasteiger partial charge in [-0.25, -0.2) is 0 Å². The van der Waals surface area contributed by atoms with Crippen LogP contribution in [0.15, 0.2) is 60.0 Å². The summed E-state index contributed by atoms with van der Waals surface area (Å²) >= 11 is 3.53. The third-order valence-corrected chi connectivity index (χ3v) is 8.16. The molecule has 0 saturated heterocycles. The molecule has 4 aromatic carbocycles. The van der Waals surface area contributed by atoms with Crippen molar-refractivity contribution in [2.45, 2.75) is 13.1 Å². The van der Waals surface area contributed by atoms with Crippen LogP contribution in [0.25, 0.3) is 65.0 Å². The molecule has 1 aliphatic carbocycles. The number of pyridine rings is 2. The highest BCUT2D eigenvalue weighted by atomic mass is 79.9. The first-order chi connectivity index (χ1) is 19.0. The first-order valence-corrected chi connectivity index (χ1v) is 12.6. The molecule has 196 valence electrons. The van der Waals surface area contributed by atoms with Crippen molar-refractivity contribution in [3.05, 3.63) is 82.2 Å². The van der Waals surface area contributed by atoms with Crippen molar-refractivity contribution in [2.24, 2.45) is 0 Å². The summed E-state index contributed by atoms with van der Waals surface area (Å²) in [5.41, 5.74) is -2.82. The number of benzene rings is 5. The summed E-state index contributed by atoms with van der Waals surface area (Å²) in [6.07, 6.45) is 0. The molecule has 0 atom stereocenters. The van der Waals surface area contributed by atoms with Gasteiger partial charge in [0.15, 0.2) is 5.43 Å². The van der Waals surface area contributed by atoms with Gasteiger partial charge in [0.2, 0.25) is 5.88 Å². The van der Waals surface area contributed by atoms with Crippen LogP contribution < -0.4 is 22.1 Å². The van der Waals surface area contributed by atoms with E-state index in [1.54, 1.807) is 18.2 Å². The van der Waals surface area contributed by atoms with Crippen LogP contribution >= 0.6 is 15.9 Å². The molecule has 2 heterocycles. The average molecular weight is 601 g/mol. The highest BCUT2D eigenvalue weighted by Crippen LogP contribution is 2.48. The minimum atomic E-state index is -1.38. The van der Waals surface area contributed by atoms with Crippen molar-refractivity contribution in [1.82, 2.24) is 9.13 Å². The van der Waals surface area contributed by atoms with Crippen molar-refractivity contribution in [3.63, 3.8) is 0 Å². The Morgan fingerprint density at radius 1 is 0.650 bits per heavy atom. The van der Waals surface area contributed by atoms with Gasteiger partial charge in [-0.2, -0.15) is 0 Å². The number of hydrogen-bond acceptors (Lipinski definition) is 7. The molecule has 0 saturated carbocycles. The molecule has 1 aromatic heterocycles. The van der Waals surface area contributed by atoms with E-state index in [0.29, 0.717) is 41.4 Å². The molecule has 7 rings (SSSR count). The fourth-order valence-electron chi connectivity index (χ4n) is 6.05. The number of hydrogen-bond donors (Lipinski definition) is 3. The van der Waals surface area contributed by atoms with E-state index in [4.69, 9.17) is 0 Å². The molecule has 0 radical (unpaired) electrons. The Hall–Kier alpha value is -5.10. The van der Waals surface area contributed by atoms with Crippen LogP contribution in [0.3, 0.4) is 0 Å². The molecule has 5 aromatic rings. The van der Waals surface area contributed by atoms with E-state index in [-0.39, 0.29) is 32.7 Å². The Kier molecular flexibility index (Phi) is 4.63. The monoisotopic (exact) mass is 600 g/mol. The number of carboxylic acids is 2. The van der Waals surface area contributed by atoms with Gasteiger partial charge in [-0.3, -0.25) is 37.9 Å². The van der Waals surface area contributed by atoms with Crippen LogP contribution in [0.1, 0.15) is 0 Å². The van der Waals surface area contributed by atoms with Crippen LogP contribution in [0.4, 0.5) is 0 Å². The van der Waals surface area contributed by atoms with E-state index in [9.17, 15) is 44.1 Å². The van der Waals surface area contributed by atoms with Crippen LogP contribution in [0.2, 0.25) is 0 Å². The van der Waals surface area contributed by atoms with Crippen LogP contribution in [0.5, 0.6) is 5.88 Å². The maximum absolute atomic E-state index is 13.6. The Labute approximate surface area is 227 Å². The zero-order valence-corrected chi connectivity index (χ0v) is 21.5. The Bertz CT molecular complexity index is 2500. The normalized spacial score (nSPS) is 12.2. The lowest BCUT2D eigenvalue weighted by Crippen LogP contribution is -2.37. The van der Waals surface area contributed by atoms with E-state index in [0.717, 1.165) is 10.6 Å². The van der Waals surface area contributed by atoms with Gasteiger partial charge in [-0.05, 0) is 35.0 Å². The SMILES string of the molecule is O=C(O)Cn1c(O)c2cc(Br)c3c4ccc5c6c4c(c(=O)cc-6c(=O)n(CC(=O)O)c5=O)c4ccc(c1=O)c2c43. The molecule has 0 spiro atoms. The van der Waals surface area contributed by atoms with E-state index in [1.165, 1.54) is 12.1 Å². The number of halogens is 1. The quantitative estimate of drug-likeness (QED) is 0.202. The second-order valence-corrected chi connectivity index (χ2v) is 10.5. The lowest BCUT2D eigenvalue weighted by atomic mass is 9.83. The van der Waals surface area contributed by atoms with Gasteiger partial charge < -0.3 is 15.3 Å². The number of aromatic hydroxyl groups is 1. The zero-order valence-electron chi connectivity index (χ0n) is 19.9. The number of carboxylic acid groups (broad SMARTS) is 2. The zero-order chi connectivity index (χ0) is 28.4. The summed E-state index contributed by atoms with van der Waals surface area (Å²) in [4.78, 5) is 76.1. The molecule has 2 aliphatic rings. The molecule has 1 aliphatic heterocycles. The number of carbonyl (C=O) groups is 2. The van der Waals surface area contributed by atoms with Gasteiger partial charge in [0.05, 0.1) is 5.56 Å². The Balaban J connectivity index is 1.79. The highest BCUT2D eigenvalue weighted by molar-refractivity contribution is 9.10. The molecule has 0 unspecified atom stereocenters. The van der Waals surface area contributed by atoms with Crippen LogP contribution in [0, 0.1) is 0 Å². The molecular formula is C28H13BrN2O9. The summed E-state index contributed by atoms with van der Waals surface area (Å²) in [5, 5.41) is 32.6. The van der Waals surface area contributed by atoms with Gasteiger partial charge >= 0.3 is 11.9 Å². The Morgan fingerprint density at radius 2 is 1.23 bits per heavy atom. The minimum Gasteiger partial charge on any atom is -0.494 e. The van der Waals surface area contributed by atoms with Crippen molar-refractivity contribution < 1.29 is 24.9 Å². The van der Waals surface area contributed by atoms with Gasteiger partial charge in [0.25, 0.3) is 16.7 Å². The lowest BCUT2D eigenvalue weighted by Gasteiger charge is -2.21. The van der Waals surface area contributed by atoms with Crippen molar-refractivity contribution in [1.29, 1.82) is 0 Å². The number of rotatable bonds is 4. The average Bonchev–Trinajstić information content (AvgIpc) is 2.90. The highest BCUT2D eigenvalue weighted by Gasteiger charge is 2.28. The van der Waals surface area contributed by atoms with Crippen molar-refractivity contribution in [3.8, 4) is 17.0 Å². The topological polar surface area (TPSA) is 173 Å². The van der Waals surface area contributed by atoms with Gasteiger partial charge in [-0.15, -0.1) is 0 Å².